The first kappa shape index (κ1) is 26.2. The van der Waals surface area contributed by atoms with Crippen molar-refractivity contribution in [1.29, 1.82) is 0 Å². The highest BCUT2D eigenvalue weighted by Gasteiger charge is 2.07. The van der Waals surface area contributed by atoms with Gasteiger partial charge in [-0.2, -0.15) is 0 Å². The van der Waals surface area contributed by atoms with Gasteiger partial charge in [0.2, 0.25) is 0 Å². The number of carbonyl (C=O) groups is 1. The smallest absolute Gasteiger partial charge is 0.319 e. The van der Waals surface area contributed by atoms with Crippen LogP contribution in [0.3, 0.4) is 0 Å². The fourth-order valence-electron chi connectivity index (χ4n) is 3.28. The summed E-state index contributed by atoms with van der Waals surface area (Å²) < 4.78 is 0. The number of nitrogens with two attached hydrogens (primary N) is 1. The molecule has 4 aromatic rings. The molecule has 0 aliphatic rings. The van der Waals surface area contributed by atoms with E-state index in [1.165, 1.54) is 0 Å². The summed E-state index contributed by atoms with van der Waals surface area (Å²) in [6, 6.07) is 18.2. The third-order valence-corrected chi connectivity index (χ3v) is 6.14. The summed E-state index contributed by atoms with van der Waals surface area (Å²) in [4.78, 5) is 15.1. The molecular formula is C25H24Cl4N4O. The number of aromatic amines is 1. The summed E-state index contributed by atoms with van der Waals surface area (Å²) in [5, 5.41) is 9.23. The van der Waals surface area contributed by atoms with Crippen LogP contribution in [0.5, 0.6) is 0 Å². The van der Waals surface area contributed by atoms with Crippen LogP contribution in [0.2, 0.25) is 20.1 Å². The number of hydrogen-bond acceptors (Lipinski definition) is 2. The van der Waals surface area contributed by atoms with Crippen molar-refractivity contribution in [1.82, 2.24) is 10.3 Å². The van der Waals surface area contributed by atoms with Crippen LogP contribution in [0, 0.1) is 0 Å². The maximum atomic E-state index is 12.0. The zero-order valence-electron chi connectivity index (χ0n) is 18.2. The van der Waals surface area contributed by atoms with Gasteiger partial charge in [-0.15, -0.1) is 0 Å². The average Bonchev–Trinajstić information content (AvgIpc) is 3.28. The Morgan fingerprint density at radius 2 is 1.50 bits per heavy atom. The number of benzene rings is 3. The van der Waals surface area contributed by atoms with Crippen LogP contribution >= 0.6 is 46.4 Å². The molecule has 0 aliphatic carbocycles. The maximum absolute atomic E-state index is 12.0. The molecule has 0 aliphatic heterocycles. The lowest BCUT2D eigenvalue weighted by atomic mass is 10.1. The normalized spacial score (nSPS) is 10.5. The second-order valence-electron chi connectivity index (χ2n) is 7.39. The van der Waals surface area contributed by atoms with E-state index in [1.54, 1.807) is 18.2 Å². The molecular weight excluding hydrogens is 514 g/mol. The molecule has 5 nitrogen and oxygen atoms in total. The van der Waals surface area contributed by atoms with Crippen LogP contribution in [0.25, 0.3) is 10.9 Å². The van der Waals surface area contributed by atoms with Gasteiger partial charge in [0, 0.05) is 43.7 Å². The standard InChI is InChI=1S/C17H15Cl2N3O.C8H9Cl2N/c18-12-5-4-11(14(19)10-12)6-8-21-17(23)22-16-3-1-2-15-13(16)7-9-20-15;9-7-2-1-6(3-4-11)8(10)5-7/h1-5,7,9-10,20H,6,8H2,(H2,21,22,23);1-2,5H,3-4,11H2. The van der Waals surface area contributed by atoms with Gasteiger partial charge >= 0.3 is 6.03 Å². The molecule has 0 unspecified atom stereocenters. The zero-order chi connectivity index (χ0) is 24.5. The number of halogens is 4. The molecule has 0 radical (unpaired) electrons. The molecule has 1 aromatic heterocycles. The fraction of sp³-hybridized carbons (Fsp3) is 0.160. The van der Waals surface area contributed by atoms with Crippen LogP contribution in [0.15, 0.2) is 66.9 Å². The average molecular weight is 538 g/mol. The molecule has 178 valence electrons. The van der Waals surface area contributed by atoms with Crippen molar-refractivity contribution in [2.24, 2.45) is 5.73 Å². The predicted molar refractivity (Wildman–Crippen MR) is 145 cm³/mol. The van der Waals surface area contributed by atoms with Gasteiger partial charge in [0.15, 0.2) is 0 Å². The first-order valence-corrected chi connectivity index (χ1v) is 12.1. The fourth-order valence-corrected chi connectivity index (χ4v) is 4.28. The Labute approximate surface area is 218 Å². The molecule has 3 aromatic carbocycles. The lowest BCUT2D eigenvalue weighted by Gasteiger charge is -2.09. The first-order chi connectivity index (χ1) is 16.4. The van der Waals surface area contributed by atoms with Gasteiger partial charge in [-0.1, -0.05) is 64.6 Å². The van der Waals surface area contributed by atoms with Crippen LogP contribution in [0.1, 0.15) is 11.1 Å². The van der Waals surface area contributed by atoms with E-state index in [-0.39, 0.29) is 6.03 Å². The van der Waals surface area contributed by atoms with Crippen molar-refractivity contribution in [3.63, 3.8) is 0 Å². The van der Waals surface area contributed by atoms with Crippen LogP contribution < -0.4 is 16.4 Å². The molecule has 34 heavy (non-hydrogen) atoms. The Morgan fingerprint density at radius 1 is 0.853 bits per heavy atom. The molecule has 0 spiro atoms. The number of fused-ring (bicyclic) bond motifs is 1. The summed E-state index contributed by atoms with van der Waals surface area (Å²) in [6.45, 7) is 1.09. The lowest BCUT2D eigenvalue weighted by molar-refractivity contribution is 0.252. The van der Waals surface area contributed by atoms with E-state index in [2.05, 4.69) is 15.6 Å². The molecule has 0 saturated carbocycles. The molecule has 0 saturated heterocycles. The Hall–Kier alpha value is -2.41. The summed E-state index contributed by atoms with van der Waals surface area (Å²) in [7, 11) is 0. The Morgan fingerprint density at radius 3 is 2.12 bits per heavy atom. The van der Waals surface area contributed by atoms with Gasteiger partial charge in [-0.25, -0.2) is 4.79 Å². The number of carbonyl (C=O) groups excluding carboxylic acids is 1. The highest BCUT2D eigenvalue weighted by molar-refractivity contribution is 6.35. The molecule has 1 heterocycles. The number of amides is 2. The summed E-state index contributed by atoms with van der Waals surface area (Å²) in [6.07, 6.45) is 3.28. The summed E-state index contributed by atoms with van der Waals surface area (Å²) in [5.41, 5.74) is 9.13. The van der Waals surface area contributed by atoms with Crippen molar-refractivity contribution in [2.75, 3.05) is 18.4 Å². The Balaban J connectivity index is 0.000000248. The highest BCUT2D eigenvalue weighted by atomic mass is 35.5. The lowest BCUT2D eigenvalue weighted by Crippen LogP contribution is -2.30. The van der Waals surface area contributed by atoms with Gasteiger partial charge < -0.3 is 21.4 Å². The minimum Gasteiger partial charge on any atom is -0.361 e. The van der Waals surface area contributed by atoms with Crippen LogP contribution in [0.4, 0.5) is 10.5 Å². The predicted octanol–water partition coefficient (Wildman–Crippen LogP) is 7.33. The number of nitrogens with one attached hydrogen (secondary N) is 3. The number of urea groups is 1. The van der Waals surface area contributed by atoms with E-state index in [0.717, 1.165) is 34.1 Å². The van der Waals surface area contributed by atoms with Gasteiger partial charge in [0.05, 0.1) is 5.69 Å². The van der Waals surface area contributed by atoms with Crippen LogP contribution in [-0.2, 0) is 12.8 Å². The maximum Gasteiger partial charge on any atom is 0.319 e. The monoisotopic (exact) mass is 536 g/mol. The molecule has 0 bridgehead atoms. The summed E-state index contributed by atoms with van der Waals surface area (Å²) >= 11 is 23.5. The van der Waals surface area contributed by atoms with Gasteiger partial charge in [-0.3, -0.25) is 0 Å². The largest absolute Gasteiger partial charge is 0.361 e. The Bertz CT molecular complexity index is 1260. The van der Waals surface area contributed by atoms with E-state index in [4.69, 9.17) is 52.1 Å². The third kappa shape index (κ3) is 7.55. The SMILES string of the molecule is NCCc1ccc(Cl)cc1Cl.O=C(NCCc1ccc(Cl)cc1Cl)Nc1cccc2[nH]ccc12. The quantitative estimate of drug-likeness (QED) is 0.207. The van der Waals surface area contributed by atoms with E-state index in [1.807, 2.05) is 48.7 Å². The van der Waals surface area contributed by atoms with Gasteiger partial charge in [0.25, 0.3) is 0 Å². The second-order valence-corrected chi connectivity index (χ2v) is 9.07. The minimum atomic E-state index is -0.246. The van der Waals surface area contributed by atoms with E-state index >= 15 is 0 Å². The number of anilines is 1. The topological polar surface area (TPSA) is 82.9 Å². The second kappa shape index (κ2) is 12.9. The van der Waals surface area contributed by atoms with Crippen molar-refractivity contribution >= 4 is 69.0 Å². The van der Waals surface area contributed by atoms with E-state index in [0.29, 0.717) is 39.6 Å². The molecule has 0 atom stereocenters. The minimum absolute atomic E-state index is 0.246. The van der Waals surface area contributed by atoms with Crippen molar-refractivity contribution in [3.05, 3.63) is 98.1 Å². The third-order valence-electron chi connectivity index (χ3n) is 4.97. The number of rotatable bonds is 6. The van der Waals surface area contributed by atoms with E-state index < -0.39 is 0 Å². The van der Waals surface area contributed by atoms with E-state index in [9.17, 15) is 4.79 Å². The zero-order valence-corrected chi connectivity index (χ0v) is 21.2. The van der Waals surface area contributed by atoms with Crippen LogP contribution in [-0.4, -0.2) is 24.1 Å². The van der Waals surface area contributed by atoms with Crippen molar-refractivity contribution < 1.29 is 4.79 Å². The molecule has 4 rings (SSSR count). The molecule has 0 fully saturated rings. The molecule has 5 N–H and O–H groups in total. The highest BCUT2D eigenvalue weighted by Crippen LogP contribution is 2.23. The molecule has 2 amide bonds. The van der Waals surface area contributed by atoms with Crippen molar-refractivity contribution in [2.45, 2.75) is 12.8 Å². The summed E-state index contributed by atoms with van der Waals surface area (Å²) in [5.74, 6) is 0. The number of hydrogen-bond donors (Lipinski definition) is 4. The van der Waals surface area contributed by atoms with Crippen molar-refractivity contribution in [3.8, 4) is 0 Å². The molecule has 9 heteroatoms. The van der Waals surface area contributed by atoms with Gasteiger partial charge in [0.1, 0.15) is 0 Å². The number of aromatic nitrogens is 1. The number of H-pyrrole nitrogens is 1. The van der Waals surface area contributed by atoms with Gasteiger partial charge in [-0.05, 0) is 73.0 Å². The Kier molecular flexibility index (Phi) is 9.93. The first-order valence-electron chi connectivity index (χ1n) is 10.6.